The van der Waals surface area contributed by atoms with Crippen molar-refractivity contribution in [3.05, 3.63) is 50.7 Å². The SMILES string of the molecule is CCCn1ncc(Br)c1C(N)c1ccc(Br)cc1. The topological polar surface area (TPSA) is 43.8 Å². The number of rotatable bonds is 4. The van der Waals surface area contributed by atoms with E-state index in [2.05, 4.69) is 43.9 Å². The van der Waals surface area contributed by atoms with Gasteiger partial charge in [-0.25, -0.2) is 0 Å². The first-order valence-electron chi connectivity index (χ1n) is 5.85. The summed E-state index contributed by atoms with van der Waals surface area (Å²) in [5.41, 5.74) is 8.44. The van der Waals surface area contributed by atoms with Gasteiger partial charge in [0.15, 0.2) is 0 Å². The Morgan fingerprint density at radius 3 is 2.56 bits per heavy atom. The monoisotopic (exact) mass is 371 g/mol. The van der Waals surface area contributed by atoms with Crippen molar-refractivity contribution in [3.63, 3.8) is 0 Å². The van der Waals surface area contributed by atoms with Crippen molar-refractivity contribution in [1.82, 2.24) is 9.78 Å². The molecule has 2 rings (SSSR count). The zero-order valence-electron chi connectivity index (χ0n) is 10.1. The molecule has 0 amide bonds. The van der Waals surface area contributed by atoms with Gasteiger partial charge in [-0.05, 0) is 40.0 Å². The number of hydrogen-bond acceptors (Lipinski definition) is 2. The summed E-state index contributed by atoms with van der Waals surface area (Å²) in [5.74, 6) is 0. The molecule has 1 heterocycles. The summed E-state index contributed by atoms with van der Waals surface area (Å²) < 4.78 is 3.99. The first-order chi connectivity index (χ1) is 8.63. The number of aromatic nitrogens is 2. The van der Waals surface area contributed by atoms with Gasteiger partial charge in [-0.1, -0.05) is 35.0 Å². The van der Waals surface area contributed by atoms with E-state index in [9.17, 15) is 0 Å². The Morgan fingerprint density at radius 1 is 1.28 bits per heavy atom. The third kappa shape index (κ3) is 2.84. The van der Waals surface area contributed by atoms with Crippen LogP contribution in [-0.2, 0) is 6.54 Å². The molecule has 0 aliphatic carbocycles. The average molecular weight is 373 g/mol. The summed E-state index contributed by atoms with van der Waals surface area (Å²) in [6, 6.07) is 7.91. The maximum absolute atomic E-state index is 6.34. The summed E-state index contributed by atoms with van der Waals surface area (Å²) >= 11 is 6.96. The standard InChI is InChI=1S/C13H15Br2N3/c1-2-7-18-13(11(15)8-17-18)12(16)9-3-5-10(14)6-4-9/h3-6,8,12H,2,7,16H2,1H3. The van der Waals surface area contributed by atoms with E-state index in [4.69, 9.17) is 5.73 Å². The Balaban J connectivity index is 2.35. The Labute approximate surface area is 124 Å². The van der Waals surface area contributed by atoms with Crippen molar-refractivity contribution < 1.29 is 0 Å². The van der Waals surface area contributed by atoms with E-state index in [1.807, 2.05) is 35.1 Å². The van der Waals surface area contributed by atoms with Crippen molar-refractivity contribution in [2.45, 2.75) is 25.9 Å². The van der Waals surface area contributed by atoms with Crippen molar-refractivity contribution in [2.75, 3.05) is 0 Å². The zero-order chi connectivity index (χ0) is 13.1. The number of benzene rings is 1. The van der Waals surface area contributed by atoms with E-state index < -0.39 is 0 Å². The van der Waals surface area contributed by atoms with E-state index in [-0.39, 0.29) is 6.04 Å². The van der Waals surface area contributed by atoms with E-state index in [1.165, 1.54) is 0 Å². The molecule has 5 heteroatoms. The van der Waals surface area contributed by atoms with E-state index in [1.54, 1.807) is 0 Å². The average Bonchev–Trinajstić information content (AvgIpc) is 2.71. The van der Waals surface area contributed by atoms with Crippen LogP contribution in [0.25, 0.3) is 0 Å². The lowest BCUT2D eigenvalue weighted by Crippen LogP contribution is -2.18. The van der Waals surface area contributed by atoms with Crippen LogP contribution in [0.3, 0.4) is 0 Å². The predicted molar refractivity (Wildman–Crippen MR) is 80.4 cm³/mol. The molecule has 0 aliphatic rings. The lowest BCUT2D eigenvalue weighted by molar-refractivity contribution is 0.559. The van der Waals surface area contributed by atoms with Gasteiger partial charge in [0.05, 0.1) is 22.4 Å². The summed E-state index contributed by atoms with van der Waals surface area (Å²) in [7, 11) is 0. The highest BCUT2D eigenvalue weighted by Gasteiger charge is 2.17. The molecule has 0 saturated carbocycles. The quantitative estimate of drug-likeness (QED) is 0.885. The van der Waals surface area contributed by atoms with Crippen LogP contribution in [0.1, 0.15) is 30.6 Å². The fourth-order valence-corrected chi connectivity index (χ4v) is 2.71. The molecular formula is C13H15Br2N3. The molecule has 18 heavy (non-hydrogen) atoms. The molecule has 1 aromatic carbocycles. The summed E-state index contributed by atoms with van der Waals surface area (Å²) in [6.45, 7) is 3.01. The van der Waals surface area contributed by atoms with E-state index in [0.717, 1.165) is 33.2 Å². The Morgan fingerprint density at radius 2 is 1.94 bits per heavy atom. The predicted octanol–water partition coefficient (Wildman–Crippen LogP) is 3.87. The minimum absolute atomic E-state index is 0.165. The molecule has 3 nitrogen and oxygen atoms in total. The van der Waals surface area contributed by atoms with Gasteiger partial charge in [0, 0.05) is 11.0 Å². The number of aryl methyl sites for hydroxylation is 1. The van der Waals surface area contributed by atoms with E-state index >= 15 is 0 Å². The van der Waals surface area contributed by atoms with Gasteiger partial charge in [0.2, 0.25) is 0 Å². The second-order valence-electron chi connectivity index (χ2n) is 4.13. The van der Waals surface area contributed by atoms with Crippen molar-refractivity contribution in [3.8, 4) is 0 Å². The Hall–Kier alpha value is -0.650. The summed E-state index contributed by atoms with van der Waals surface area (Å²) in [5, 5.41) is 4.35. The highest BCUT2D eigenvalue weighted by Crippen LogP contribution is 2.27. The van der Waals surface area contributed by atoms with Crippen LogP contribution in [0.4, 0.5) is 0 Å². The van der Waals surface area contributed by atoms with E-state index in [0.29, 0.717) is 0 Å². The minimum atomic E-state index is -0.165. The number of halogens is 2. The molecule has 0 radical (unpaired) electrons. The first-order valence-corrected chi connectivity index (χ1v) is 7.44. The smallest absolute Gasteiger partial charge is 0.0738 e. The third-order valence-electron chi connectivity index (χ3n) is 2.79. The fourth-order valence-electron chi connectivity index (χ4n) is 1.90. The fraction of sp³-hybridized carbons (Fsp3) is 0.308. The van der Waals surface area contributed by atoms with Gasteiger partial charge in [0.1, 0.15) is 0 Å². The Kier molecular flexibility index (Phi) is 4.59. The lowest BCUT2D eigenvalue weighted by atomic mass is 10.0. The van der Waals surface area contributed by atoms with Crippen molar-refractivity contribution in [2.24, 2.45) is 5.73 Å². The van der Waals surface area contributed by atoms with Crippen molar-refractivity contribution in [1.29, 1.82) is 0 Å². The molecule has 0 spiro atoms. The second-order valence-corrected chi connectivity index (χ2v) is 5.90. The molecular weight excluding hydrogens is 358 g/mol. The molecule has 2 N–H and O–H groups in total. The first kappa shape index (κ1) is 13.8. The zero-order valence-corrected chi connectivity index (χ0v) is 13.3. The molecule has 96 valence electrons. The molecule has 0 saturated heterocycles. The molecule has 1 aromatic heterocycles. The van der Waals surface area contributed by atoms with Crippen LogP contribution in [0.5, 0.6) is 0 Å². The molecule has 1 unspecified atom stereocenters. The van der Waals surface area contributed by atoms with Gasteiger partial charge < -0.3 is 5.73 Å². The normalized spacial score (nSPS) is 12.7. The van der Waals surface area contributed by atoms with Gasteiger partial charge >= 0.3 is 0 Å². The maximum atomic E-state index is 6.34. The Bertz CT molecular complexity index is 520. The van der Waals surface area contributed by atoms with Gasteiger partial charge in [-0.2, -0.15) is 5.10 Å². The molecule has 1 atom stereocenters. The van der Waals surface area contributed by atoms with Crippen LogP contribution in [0.15, 0.2) is 39.4 Å². The highest BCUT2D eigenvalue weighted by molar-refractivity contribution is 9.10. The van der Waals surface area contributed by atoms with Gasteiger partial charge in [0.25, 0.3) is 0 Å². The number of nitrogens with zero attached hydrogens (tertiary/aromatic N) is 2. The summed E-state index contributed by atoms with van der Waals surface area (Å²) in [6.07, 6.45) is 2.85. The van der Waals surface area contributed by atoms with Crippen LogP contribution in [-0.4, -0.2) is 9.78 Å². The number of nitrogens with two attached hydrogens (primary N) is 1. The van der Waals surface area contributed by atoms with Gasteiger partial charge in [-0.15, -0.1) is 0 Å². The number of hydrogen-bond donors (Lipinski definition) is 1. The summed E-state index contributed by atoms with van der Waals surface area (Å²) in [4.78, 5) is 0. The molecule has 0 fully saturated rings. The minimum Gasteiger partial charge on any atom is -0.319 e. The van der Waals surface area contributed by atoms with Crippen molar-refractivity contribution >= 4 is 31.9 Å². The van der Waals surface area contributed by atoms with Crippen LogP contribution < -0.4 is 5.73 Å². The van der Waals surface area contributed by atoms with Crippen LogP contribution in [0, 0.1) is 0 Å². The highest BCUT2D eigenvalue weighted by atomic mass is 79.9. The maximum Gasteiger partial charge on any atom is 0.0738 e. The molecule has 2 aromatic rings. The van der Waals surface area contributed by atoms with Crippen LogP contribution in [0.2, 0.25) is 0 Å². The van der Waals surface area contributed by atoms with Crippen LogP contribution >= 0.6 is 31.9 Å². The second kappa shape index (κ2) is 5.99. The molecule has 0 aliphatic heterocycles. The third-order valence-corrected chi connectivity index (χ3v) is 3.93. The molecule has 0 bridgehead atoms. The lowest BCUT2D eigenvalue weighted by Gasteiger charge is -2.15. The van der Waals surface area contributed by atoms with Gasteiger partial charge in [-0.3, -0.25) is 4.68 Å². The largest absolute Gasteiger partial charge is 0.319 e.